The highest BCUT2D eigenvalue weighted by atomic mass is 32.2. The number of hydrogen-bond donors (Lipinski definition) is 3. The van der Waals surface area contributed by atoms with E-state index in [2.05, 4.69) is 10.3 Å². The number of carboxylic acids is 1. The van der Waals surface area contributed by atoms with Crippen LogP contribution in [0.1, 0.15) is 63.4 Å². The first kappa shape index (κ1) is 38.4. The molecule has 3 amide bonds. The molecule has 5 aromatic rings. The number of carbonyl (C=O) groups excluding carboxylic acids is 3. The lowest BCUT2D eigenvalue weighted by molar-refractivity contribution is -0.245. The van der Waals surface area contributed by atoms with Crippen LogP contribution in [-0.4, -0.2) is 61.9 Å². The first-order chi connectivity index (χ1) is 27.2. The van der Waals surface area contributed by atoms with Crippen LogP contribution in [0.25, 0.3) is 11.1 Å². The van der Waals surface area contributed by atoms with Crippen molar-refractivity contribution in [1.29, 1.82) is 0 Å². The normalized spacial score (nSPS) is 19.5. The number of amides is 3. The molecule has 7 rings (SSSR count). The number of ether oxygens (including phenoxy) is 3. The number of imide groups is 1. The number of thioether (sulfide) groups is 1. The minimum Gasteiger partial charge on any atom is -0.478 e. The maximum atomic E-state index is 13.2. The van der Waals surface area contributed by atoms with Crippen LogP contribution in [-0.2, 0) is 43.6 Å². The topological polar surface area (TPSA) is 165 Å². The number of benzene rings is 4. The monoisotopic (exact) mass is 773 g/mol. The van der Waals surface area contributed by atoms with Crippen molar-refractivity contribution in [3.8, 4) is 11.1 Å². The van der Waals surface area contributed by atoms with E-state index in [1.807, 2.05) is 103 Å². The molecule has 0 aliphatic carbocycles. The second-order valence-corrected chi connectivity index (χ2v) is 14.4. The van der Waals surface area contributed by atoms with E-state index in [1.54, 1.807) is 12.3 Å². The van der Waals surface area contributed by atoms with Crippen molar-refractivity contribution in [1.82, 2.24) is 15.2 Å². The van der Waals surface area contributed by atoms with Crippen molar-refractivity contribution in [3.63, 3.8) is 0 Å². The molecule has 1 unspecified atom stereocenters. The second-order valence-electron chi connectivity index (χ2n) is 13.4. The Labute approximate surface area is 327 Å². The maximum absolute atomic E-state index is 13.2. The van der Waals surface area contributed by atoms with Crippen LogP contribution in [0.2, 0.25) is 0 Å². The molecule has 4 atom stereocenters. The molecule has 2 saturated heterocycles. The molecule has 12 nitrogen and oxygen atoms in total. The molecular formula is C43H39N3O9S. The smallest absolute Gasteiger partial charge is 0.408 e. The lowest BCUT2D eigenvalue weighted by atomic mass is 9.99. The number of carboxylic acid groups (broad SMARTS) is 1. The fourth-order valence-electron chi connectivity index (χ4n) is 6.63. The lowest BCUT2D eigenvalue weighted by Gasteiger charge is -2.36. The molecule has 2 fully saturated rings. The number of carbonyl (C=O) groups is 4. The number of alkyl carbamates (subject to hydrolysis) is 1. The number of hydrogen-bond acceptors (Lipinski definition) is 10. The Hall–Kier alpha value is -5.86. The summed E-state index contributed by atoms with van der Waals surface area (Å²) >= 11 is 1.32. The average Bonchev–Trinajstić information content (AvgIpc) is 3.49. The van der Waals surface area contributed by atoms with Gasteiger partial charge in [-0.1, -0.05) is 91.0 Å². The molecule has 286 valence electrons. The predicted molar refractivity (Wildman–Crippen MR) is 206 cm³/mol. The zero-order valence-corrected chi connectivity index (χ0v) is 31.0. The summed E-state index contributed by atoms with van der Waals surface area (Å²) in [6.07, 6.45) is -0.277. The van der Waals surface area contributed by atoms with Crippen molar-refractivity contribution in [2.24, 2.45) is 0 Å². The van der Waals surface area contributed by atoms with Crippen LogP contribution in [0.15, 0.2) is 126 Å². The van der Waals surface area contributed by atoms with Crippen LogP contribution in [0, 0.1) is 0 Å². The van der Waals surface area contributed by atoms with E-state index in [-0.39, 0.29) is 44.0 Å². The third-order valence-electron chi connectivity index (χ3n) is 9.53. The van der Waals surface area contributed by atoms with Gasteiger partial charge in [-0.2, -0.15) is 0 Å². The van der Waals surface area contributed by atoms with Crippen LogP contribution in [0.4, 0.5) is 4.79 Å². The van der Waals surface area contributed by atoms with Gasteiger partial charge in [0.15, 0.2) is 6.29 Å². The standard InChI is InChI=1S/C43H39N3O9S/c47-24-27-14-16-30(17-15-27)37-21-34(26-56-39-35(41(50)51)13-6-18-44-39)54-42(55-37)33-12-5-11-32(20-33)31-10-4-9-29(19-31)23-46-38(48)22-36(40(46)49)45-43(52)53-25-28-7-2-1-3-8-28/h1-20,34,36-37,42,47H,21-26H2,(H,45,52)(H,50,51)/t34-,36?,37+,42+/m1/s1. The Morgan fingerprint density at radius 3 is 2.36 bits per heavy atom. The SMILES string of the molecule is O=C(NC1CC(=O)N(Cc2cccc(-c3cccc([C@H]4O[C@@H](CSc5ncccc5C(=O)O)C[C@@H](c5ccc(CO)cc5)O4)c3)c2)C1=O)OCc1ccccc1. The highest BCUT2D eigenvalue weighted by molar-refractivity contribution is 7.99. The third-order valence-corrected chi connectivity index (χ3v) is 10.7. The molecule has 0 bridgehead atoms. The number of likely N-dealkylation sites (tertiary alicyclic amines) is 1. The summed E-state index contributed by atoms with van der Waals surface area (Å²) in [5, 5.41) is 22.2. The number of aliphatic hydroxyl groups excluding tert-OH is 1. The molecule has 3 heterocycles. The van der Waals surface area contributed by atoms with Gasteiger partial charge < -0.3 is 29.7 Å². The summed E-state index contributed by atoms with van der Waals surface area (Å²) in [6.45, 7) is 0.00142. The molecule has 2 aliphatic heterocycles. The summed E-state index contributed by atoms with van der Waals surface area (Å²) in [7, 11) is 0. The number of nitrogens with one attached hydrogen (secondary N) is 1. The van der Waals surface area contributed by atoms with Gasteiger partial charge in [0.05, 0.1) is 37.3 Å². The van der Waals surface area contributed by atoms with Gasteiger partial charge >= 0.3 is 12.1 Å². The van der Waals surface area contributed by atoms with Gasteiger partial charge in [-0.3, -0.25) is 14.5 Å². The van der Waals surface area contributed by atoms with Crippen molar-refractivity contribution in [2.45, 2.75) is 62.2 Å². The number of aromatic carboxylic acids is 1. The number of aliphatic hydroxyl groups is 1. The molecule has 0 spiro atoms. The van der Waals surface area contributed by atoms with E-state index in [0.29, 0.717) is 17.2 Å². The molecule has 0 radical (unpaired) electrons. The quantitative estimate of drug-likeness (QED) is 0.0849. The van der Waals surface area contributed by atoms with Crippen LogP contribution in [0.3, 0.4) is 0 Å². The fraction of sp³-hybridized carbons (Fsp3) is 0.233. The molecule has 1 aromatic heterocycles. The van der Waals surface area contributed by atoms with Crippen molar-refractivity contribution in [2.75, 3.05) is 5.75 Å². The van der Waals surface area contributed by atoms with Gasteiger partial charge in [-0.15, -0.1) is 11.8 Å². The Morgan fingerprint density at radius 2 is 1.59 bits per heavy atom. The third kappa shape index (κ3) is 9.32. The summed E-state index contributed by atoms with van der Waals surface area (Å²) in [6, 6.07) is 34.1. The van der Waals surface area contributed by atoms with Gasteiger partial charge in [0.1, 0.15) is 17.7 Å². The average molecular weight is 774 g/mol. The van der Waals surface area contributed by atoms with E-state index >= 15 is 0 Å². The van der Waals surface area contributed by atoms with Crippen molar-refractivity contribution in [3.05, 3.63) is 155 Å². The number of aromatic nitrogens is 1. The summed E-state index contributed by atoms with van der Waals surface area (Å²) < 4.78 is 18.3. The maximum Gasteiger partial charge on any atom is 0.408 e. The van der Waals surface area contributed by atoms with Gasteiger partial charge in [0, 0.05) is 23.9 Å². The Bertz CT molecular complexity index is 2200. The van der Waals surface area contributed by atoms with Crippen LogP contribution < -0.4 is 5.32 Å². The van der Waals surface area contributed by atoms with Crippen molar-refractivity contribution < 1.29 is 43.6 Å². The predicted octanol–water partition coefficient (Wildman–Crippen LogP) is 6.83. The van der Waals surface area contributed by atoms with Gasteiger partial charge in [-0.25, -0.2) is 14.6 Å². The first-order valence-electron chi connectivity index (χ1n) is 18.1. The van der Waals surface area contributed by atoms with Crippen molar-refractivity contribution >= 4 is 35.6 Å². The zero-order valence-electron chi connectivity index (χ0n) is 30.2. The first-order valence-corrected chi connectivity index (χ1v) is 19.0. The zero-order chi connectivity index (χ0) is 39.0. The molecule has 13 heteroatoms. The second kappa shape index (κ2) is 17.7. The fourth-order valence-corrected chi connectivity index (χ4v) is 7.63. The number of nitrogens with zero attached hydrogens (tertiary/aromatic N) is 2. The molecule has 0 saturated carbocycles. The van der Waals surface area contributed by atoms with E-state index in [9.17, 15) is 29.4 Å². The Kier molecular flexibility index (Phi) is 12.2. The Balaban J connectivity index is 1.04. The van der Waals surface area contributed by atoms with E-state index in [1.165, 1.54) is 17.8 Å². The van der Waals surface area contributed by atoms with Crippen LogP contribution in [0.5, 0.6) is 0 Å². The molecule has 4 aromatic carbocycles. The number of rotatable bonds is 13. The van der Waals surface area contributed by atoms with Gasteiger partial charge in [0.25, 0.3) is 5.91 Å². The Morgan fingerprint density at radius 1 is 0.839 bits per heavy atom. The van der Waals surface area contributed by atoms with Crippen LogP contribution >= 0.6 is 11.8 Å². The van der Waals surface area contributed by atoms with E-state index in [0.717, 1.165) is 43.8 Å². The lowest BCUT2D eigenvalue weighted by Crippen LogP contribution is -2.41. The van der Waals surface area contributed by atoms with E-state index in [4.69, 9.17) is 14.2 Å². The van der Waals surface area contributed by atoms with Gasteiger partial charge in [0.2, 0.25) is 5.91 Å². The minimum absolute atomic E-state index is 0.0350. The largest absolute Gasteiger partial charge is 0.478 e. The highest BCUT2D eigenvalue weighted by Gasteiger charge is 2.40. The number of pyridine rings is 1. The molecule has 2 aliphatic rings. The summed E-state index contributed by atoms with van der Waals surface area (Å²) in [5.74, 6) is -1.51. The minimum atomic E-state index is -1.05. The highest BCUT2D eigenvalue weighted by Crippen LogP contribution is 2.40. The molecule has 3 N–H and O–H groups in total. The summed E-state index contributed by atoms with van der Waals surface area (Å²) in [5.41, 5.74) is 5.83. The molecular weight excluding hydrogens is 735 g/mol. The summed E-state index contributed by atoms with van der Waals surface area (Å²) in [4.78, 5) is 55.9. The van der Waals surface area contributed by atoms with E-state index < -0.39 is 36.2 Å². The van der Waals surface area contributed by atoms with Gasteiger partial charge in [-0.05, 0) is 57.6 Å². The molecule has 56 heavy (non-hydrogen) atoms.